The van der Waals surface area contributed by atoms with Crippen LogP contribution in [0.3, 0.4) is 0 Å². The van der Waals surface area contributed by atoms with E-state index in [0.717, 1.165) is 19.5 Å². The molecule has 5 heteroatoms. The number of amides is 1. The second-order valence-corrected chi connectivity index (χ2v) is 6.68. The highest BCUT2D eigenvalue weighted by Gasteiger charge is 2.44. The Kier molecular flexibility index (Phi) is 4.69. The molecule has 2 bridgehead atoms. The van der Waals surface area contributed by atoms with Gasteiger partial charge in [-0.05, 0) is 39.2 Å². The normalized spacial score (nSPS) is 27.4. The van der Waals surface area contributed by atoms with Crippen molar-refractivity contribution in [2.24, 2.45) is 11.1 Å². The molecular formula is C15H27N3OS. The first-order chi connectivity index (χ1) is 9.46. The number of hydrogen-bond acceptors (Lipinski definition) is 3. The third-order valence-electron chi connectivity index (χ3n) is 5.52. The Bertz CT molecular complexity index is 395. The fraction of sp³-hybridized carbons (Fsp3) is 0.867. The molecule has 1 amide bonds. The van der Waals surface area contributed by atoms with Crippen molar-refractivity contribution >= 4 is 23.1 Å². The molecule has 114 valence electrons. The molecule has 2 saturated heterocycles. The number of likely N-dealkylation sites (tertiary alicyclic amines) is 1. The van der Waals surface area contributed by atoms with Gasteiger partial charge in [0, 0.05) is 25.2 Å². The SMILES string of the molecule is CCC(CC)(C(=O)N1CCC2CCC(C1)N2C)C(N)=S. The number of fused-ring (bicyclic) bond motifs is 2. The second-order valence-electron chi connectivity index (χ2n) is 6.24. The highest BCUT2D eigenvalue weighted by Crippen LogP contribution is 2.34. The summed E-state index contributed by atoms with van der Waals surface area (Å²) in [6.45, 7) is 5.69. The molecule has 0 radical (unpaired) electrons. The number of nitrogens with two attached hydrogens (primary N) is 1. The number of thiocarbonyl (C=S) groups is 1. The average Bonchev–Trinajstić information content (AvgIpc) is 2.64. The standard InChI is InChI=1S/C15H27N3OS/c1-4-15(5-2,13(16)20)14(19)18-9-8-11-6-7-12(10-18)17(11)3/h11-12H,4-10H2,1-3H3,(H2,16,20). The van der Waals surface area contributed by atoms with Gasteiger partial charge in [-0.1, -0.05) is 26.1 Å². The van der Waals surface area contributed by atoms with Crippen LogP contribution in [0, 0.1) is 5.41 Å². The van der Waals surface area contributed by atoms with Gasteiger partial charge in [-0.3, -0.25) is 9.69 Å². The molecule has 0 saturated carbocycles. The number of nitrogens with zero attached hydrogens (tertiary/aromatic N) is 2. The summed E-state index contributed by atoms with van der Waals surface area (Å²) in [6.07, 6.45) is 4.92. The van der Waals surface area contributed by atoms with Crippen molar-refractivity contribution in [3.8, 4) is 0 Å². The van der Waals surface area contributed by atoms with E-state index in [1.54, 1.807) is 0 Å². The molecule has 0 aromatic carbocycles. The third kappa shape index (κ3) is 2.46. The summed E-state index contributed by atoms with van der Waals surface area (Å²) in [6, 6.07) is 1.14. The van der Waals surface area contributed by atoms with E-state index in [2.05, 4.69) is 11.9 Å². The molecule has 2 N–H and O–H groups in total. The minimum atomic E-state index is -0.641. The van der Waals surface area contributed by atoms with Crippen LogP contribution in [0.4, 0.5) is 0 Å². The van der Waals surface area contributed by atoms with E-state index in [0.29, 0.717) is 29.9 Å². The maximum atomic E-state index is 13.0. The summed E-state index contributed by atoms with van der Waals surface area (Å²) in [4.78, 5) is 17.8. The van der Waals surface area contributed by atoms with E-state index in [1.807, 2.05) is 18.7 Å². The zero-order chi connectivity index (χ0) is 14.9. The highest BCUT2D eigenvalue weighted by molar-refractivity contribution is 7.80. The van der Waals surface area contributed by atoms with E-state index in [4.69, 9.17) is 18.0 Å². The van der Waals surface area contributed by atoms with E-state index >= 15 is 0 Å². The van der Waals surface area contributed by atoms with Gasteiger partial charge < -0.3 is 10.6 Å². The van der Waals surface area contributed by atoms with Crippen LogP contribution in [0.1, 0.15) is 46.0 Å². The van der Waals surface area contributed by atoms with Crippen LogP contribution in [0.15, 0.2) is 0 Å². The number of carbonyl (C=O) groups is 1. The van der Waals surface area contributed by atoms with Gasteiger partial charge in [0.05, 0.1) is 10.4 Å². The Balaban J connectivity index is 2.18. The summed E-state index contributed by atoms with van der Waals surface area (Å²) in [5.74, 6) is 0.149. The molecule has 2 rings (SSSR count). The lowest BCUT2D eigenvalue weighted by molar-refractivity contribution is -0.139. The van der Waals surface area contributed by atoms with E-state index in [9.17, 15) is 4.79 Å². The lowest BCUT2D eigenvalue weighted by Gasteiger charge is -2.36. The first kappa shape index (κ1) is 15.7. The zero-order valence-electron chi connectivity index (χ0n) is 12.9. The van der Waals surface area contributed by atoms with Crippen molar-refractivity contribution in [1.29, 1.82) is 0 Å². The molecule has 0 aliphatic carbocycles. The van der Waals surface area contributed by atoms with Gasteiger partial charge in [0.1, 0.15) is 0 Å². The van der Waals surface area contributed by atoms with Crippen LogP contribution in [0.5, 0.6) is 0 Å². The number of hydrogen-bond donors (Lipinski definition) is 1. The van der Waals surface area contributed by atoms with Crippen molar-refractivity contribution in [3.05, 3.63) is 0 Å². The molecule has 20 heavy (non-hydrogen) atoms. The smallest absolute Gasteiger partial charge is 0.235 e. The molecular weight excluding hydrogens is 270 g/mol. The van der Waals surface area contributed by atoms with Crippen molar-refractivity contribution in [2.45, 2.75) is 58.0 Å². The molecule has 2 aliphatic heterocycles. The Labute approximate surface area is 127 Å². The van der Waals surface area contributed by atoms with Crippen molar-refractivity contribution in [3.63, 3.8) is 0 Å². The van der Waals surface area contributed by atoms with Gasteiger partial charge in [-0.25, -0.2) is 0 Å². The van der Waals surface area contributed by atoms with Crippen LogP contribution >= 0.6 is 12.2 Å². The fourth-order valence-corrected chi connectivity index (χ4v) is 4.18. The van der Waals surface area contributed by atoms with Gasteiger partial charge in [0.15, 0.2) is 0 Å². The topological polar surface area (TPSA) is 49.6 Å². The summed E-state index contributed by atoms with van der Waals surface area (Å²) in [5.41, 5.74) is 5.27. The van der Waals surface area contributed by atoms with Gasteiger partial charge in [-0.15, -0.1) is 0 Å². The maximum Gasteiger partial charge on any atom is 0.235 e. The molecule has 2 unspecified atom stereocenters. The summed E-state index contributed by atoms with van der Waals surface area (Å²) >= 11 is 5.22. The van der Waals surface area contributed by atoms with Crippen LogP contribution in [0.2, 0.25) is 0 Å². The van der Waals surface area contributed by atoms with Crippen LogP contribution in [-0.2, 0) is 4.79 Å². The van der Waals surface area contributed by atoms with Crippen LogP contribution in [-0.4, -0.2) is 52.9 Å². The first-order valence-electron chi connectivity index (χ1n) is 7.77. The quantitative estimate of drug-likeness (QED) is 0.804. The molecule has 0 spiro atoms. The lowest BCUT2D eigenvalue weighted by atomic mass is 9.80. The Morgan fingerprint density at radius 1 is 1.25 bits per heavy atom. The van der Waals surface area contributed by atoms with Crippen molar-refractivity contribution in [2.75, 3.05) is 20.1 Å². The van der Waals surface area contributed by atoms with Crippen molar-refractivity contribution < 1.29 is 4.79 Å². The van der Waals surface area contributed by atoms with Gasteiger partial charge in [0.2, 0.25) is 5.91 Å². The molecule has 2 fully saturated rings. The largest absolute Gasteiger partial charge is 0.392 e. The highest BCUT2D eigenvalue weighted by atomic mass is 32.1. The van der Waals surface area contributed by atoms with Gasteiger partial charge in [-0.2, -0.15) is 0 Å². The van der Waals surface area contributed by atoms with Crippen LogP contribution < -0.4 is 5.73 Å². The average molecular weight is 297 g/mol. The predicted octanol–water partition coefficient (Wildman–Crippen LogP) is 1.77. The number of rotatable bonds is 4. The third-order valence-corrected chi connectivity index (χ3v) is 5.91. The summed E-state index contributed by atoms with van der Waals surface area (Å²) in [7, 11) is 2.19. The zero-order valence-corrected chi connectivity index (χ0v) is 13.7. The minimum Gasteiger partial charge on any atom is -0.392 e. The molecule has 2 heterocycles. The molecule has 4 nitrogen and oxygen atoms in total. The van der Waals surface area contributed by atoms with Gasteiger partial charge >= 0.3 is 0 Å². The van der Waals surface area contributed by atoms with E-state index < -0.39 is 5.41 Å². The molecule has 2 atom stereocenters. The first-order valence-corrected chi connectivity index (χ1v) is 8.18. The maximum absolute atomic E-state index is 13.0. The van der Waals surface area contributed by atoms with E-state index in [-0.39, 0.29) is 5.91 Å². The fourth-order valence-electron chi connectivity index (χ4n) is 3.80. The summed E-state index contributed by atoms with van der Waals surface area (Å²) < 4.78 is 0. The number of likely N-dealkylation sites (N-methyl/N-ethyl adjacent to an activating group) is 1. The Morgan fingerprint density at radius 2 is 1.85 bits per heavy atom. The van der Waals surface area contributed by atoms with Gasteiger partial charge in [0.25, 0.3) is 0 Å². The molecule has 2 aliphatic rings. The Hall–Kier alpha value is -0.680. The number of carbonyl (C=O) groups excluding carboxylic acids is 1. The monoisotopic (exact) mass is 297 g/mol. The molecule has 0 aromatic heterocycles. The second kappa shape index (κ2) is 5.98. The Morgan fingerprint density at radius 3 is 2.40 bits per heavy atom. The lowest BCUT2D eigenvalue weighted by Crippen LogP contribution is -2.52. The summed E-state index contributed by atoms with van der Waals surface area (Å²) in [5, 5.41) is 0. The molecule has 0 aromatic rings. The minimum absolute atomic E-state index is 0.149. The predicted molar refractivity (Wildman–Crippen MR) is 85.6 cm³/mol. The van der Waals surface area contributed by atoms with Crippen LogP contribution in [0.25, 0.3) is 0 Å². The van der Waals surface area contributed by atoms with Crippen molar-refractivity contribution in [1.82, 2.24) is 9.80 Å². The van der Waals surface area contributed by atoms with E-state index in [1.165, 1.54) is 12.8 Å².